The van der Waals surface area contributed by atoms with Crippen LogP contribution < -0.4 is 5.32 Å². The minimum atomic E-state index is -0.0982. The summed E-state index contributed by atoms with van der Waals surface area (Å²) in [6.07, 6.45) is 0. The van der Waals surface area contributed by atoms with Crippen LogP contribution in [0.5, 0.6) is 0 Å². The third kappa shape index (κ3) is 3.47. The SMILES string of the molecule is Cc1cc(C(=O)NCc2ccc(CBr)cc2)c(C)o1. The van der Waals surface area contributed by atoms with Crippen LogP contribution in [0, 0.1) is 13.8 Å². The van der Waals surface area contributed by atoms with E-state index in [-0.39, 0.29) is 5.91 Å². The highest BCUT2D eigenvalue weighted by molar-refractivity contribution is 9.08. The van der Waals surface area contributed by atoms with Gasteiger partial charge in [-0.25, -0.2) is 0 Å². The molecular weight excluding hydrogens is 306 g/mol. The van der Waals surface area contributed by atoms with Crippen molar-refractivity contribution in [3.63, 3.8) is 0 Å². The second kappa shape index (κ2) is 6.06. The molecule has 0 bridgehead atoms. The number of halogens is 1. The molecule has 1 amide bonds. The van der Waals surface area contributed by atoms with Crippen molar-refractivity contribution in [3.05, 3.63) is 58.5 Å². The third-order valence-corrected chi connectivity index (χ3v) is 3.56. The Morgan fingerprint density at radius 2 is 1.84 bits per heavy atom. The molecule has 0 atom stereocenters. The van der Waals surface area contributed by atoms with Gasteiger partial charge >= 0.3 is 0 Å². The van der Waals surface area contributed by atoms with E-state index in [0.29, 0.717) is 17.9 Å². The molecule has 0 radical (unpaired) electrons. The van der Waals surface area contributed by atoms with Gasteiger partial charge in [-0.2, -0.15) is 0 Å². The fraction of sp³-hybridized carbons (Fsp3) is 0.267. The molecule has 1 aromatic heterocycles. The van der Waals surface area contributed by atoms with Gasteiger partial charge in [0.15, 0.2) is 0 Å². The van der Waals surface area contributed by atoms with Gasteiger partial charge in [0, 0.05) is 11.9 Å². The maximum absolute atomic E-state index is 12.0. The quantitative estimate of drug-likeness (QED) is 0.872. The number of alkyl halides is 1. The topological polar surface area (TPSA) is 42.2 Å². The number of amides is 1. The van der Waals surface area contributed by atoms with Gasteiger partial charge in [-0.05, 0) is 31.0 Å². The highest BCUT2D eigenvalue weighted by Gasteiger charge is 2.12. The van der Waals surface area contributed by atoms with Crippen molar-refractivity contribution >= 4 is 21.8 Å². The summed E-state index contributed by atoms with van der Waals surface area (Å²) in [7, 11) is 0. The van der Waals surface area contributed by atoms with E-state index in [9.17, 15) is 4.79 Å². The number of aryl methyl sites for hydroxylation is 2. The Hall–Kier alpha value is -1.55. The van der Waals surface area contributed by atoms with Crippen molar-refractivity contribution in [1.29, 1.82) is 0 Å². The van der Waals surface area contributed by atoms with E-state index in [1.807, 2.05) is 31.2 Å². The molecule has 0 spiro atoms. The summed E-state index contributed by atoms with van der Waals surface area (Å²) in [4.78, 5) is 12.0. The summed E-state index contributed by atoms with van der Waals surface area (Å²) in [6.45, 7) is 4.15. The lowest BCUT2D eigenvalue weighted by Gasteiger charge is -2.05. The fourth-order valence-electron chi connectivity index (χ4n) is 1.88. The lowest BCUT2D eigenvalue weighted by molar-refractivity contribution is 0.0949. The van der Waals surface area contributed by atoms with Crippen molar-refractivity contribution in [3.8, 4) is 0 Å². The average molecular weight is 322 g/mol. The maximum atomic E-state index is 12.0. The molecule has 0 aliphatic heterocycles. The third-order valence-electron chi connectivity index (χ3n) is 2.92. The molecular formula is C15H16BrNO2. The van der Waals surface area contributed by atoms with Crippen LogP contribution in [-0.4, -0.2) is 5.91 Å². The number of carbonyl (C=O) groups excluding carboxylic acids is 1. The summed E-state index contributed by atoms with van der Waals surface area (Å²) in [6, 6.07) is 9.89. The number of carbonyl (C=O) groups is 1. The minimum Gasteiger partial charge on any atom is -0.466 e. The molecule has 19 heavy (non-hydrogen) atoms. The van der Waals surface area contributed by atoms with Gasteiger partial charge in [0.05, 0.1) is 5.56 Å². The Kier molecular flexibility index (Phi) is 4.43. The van der Waals surface area contributed by atoms with E-state index >= 15 is 0 Å². The Labute approximate surface area is 121 Å². The Morgan fingerprint density at radius 3 is 2.37 bits per heavy atom. The van der Waals surface area contributed by atoms with Gasteiger partial charge in [-0.3, -0.25) is 4.79 Å². The van der Waals surface area contributed by atoms with Gasteiger partial charge in [-0.15, -0.1) is 0 Å². The molecule has 100 valence electrons. The number of hydrogen-bond acceptors (Lipinski definition) is 2. The van der Waals surface area contributed by atoms with Gasteiger partial charge in [-0.1, -0.05) is 40.2 Å². The Bertz CT molecular complexity index is 572. The smallest absolute Gasteiger partial charge is 0.255 e. The minimum absolute atomic E-state index is 0.0982. The van der Waals surface area contributed by atoms with Gasteiger partial charge < -0.3 is 9.73 Å². The van der Waals surface area contributed by atoms with Gasteiger partial charge in [0.25, 0.3) is 5.91 Å². The fourth-order valence-corrected chi connectivity index (χ4v) is 2.25. The molecule has 0 aliphatic carbocycles. The van der Waals surface area contributed by atoms with Crippen LogP contribution in [0.15, 0.2) is 34.7 Å². The Morgan fingerprint density at radius 1 is 1.21 bits per heavy atom. The van der Waals surface area contributed by atoms with Crippen molar-refractivity contribution in [2.45, 2.75) is 25.7 Å². The van der Waals surface area contributed by atoms with E-state index in [2.05, 4.69) is 21.2 Å². The lowest BCUT2D eigenvalue weighted by Crippen LogP contribution is -2.22. The zero-order valence-electron chi connectivity index (χ0n) is 11.0. The second-order valence-electron chi connectivity index (χ2n) is 4.46. The highest BCUT2D eigenvalue weighted by Crippen LogP contribution is 2.14. The first-order valence-corrected chi connectivity index (χ1v) is 7.21. The van der Waals surface area contributed by atoms with Crippen molar-refractivity contribution in [2.75, 3.05) is 0 Å². The zero-order valence-corrected chi connectivity index (χ0v) is 12.6. The molecule has 3 nitrogen and oxygen atoms in total. The molecule has 0 saturated carbocycles. The summed E-state index contributed by atoms with van der Waals surface area (Å²) in [5.74, 6) is 1.31. The van der Waals surface area contributed by atoms with Crippen LogP contribution in [0.4, 0.5) is 0 Å². The average Bonchev–Trinajstić information content (AvgIpc) is 2.75. The van der Waals surface area contributed by atoms with Crippen molar-refractivity contribution in [2.24, 2.45) is 0 Å². The summed E-state index contributed by atoms with van der Waals surface area (Å²) < 4.78 is 5.35. The largest absolute Gasteiger partial charge is 0.466 e. The second-order valence-corrected chi connectivity index (χ2v) is 5.02. The number of rotatable bonds is 4. The zero-order chi connectivity index (χ0) is 13.8. The number of hydrogen-bond donors (Lipinski definition) is 1. The Balaban J connectivity index is 1.98. The van der Waals surface area contributed by atoms with E-state index in [4.69, 9.17) is 4.42 Å². The molecule has 1 heterocycles. The first kappa shape index (κ1) is 13.9. The van der Waals surface area contributed by atoms with E-state index in [1.54, 1.807) is 13.0 Å². The van der Waals surface area contributed by atoms with E-state index in [1.165, 1.54) is 5.56 Å². The molecule has 2 aromatic rings. The molecule has 1 N–H and O–H groups in total. The number of nitrogens with one attached hydrogen (secondary N) is 1. The van der Waals surface area contributed by atoms with Crippen molar-refractivity contribution in [1.82, 2.24) is 5.32 Å². The monoisotopic (exact) mass is 321 g/mol. The van der Waals surface area contributed by atoms with Crippen LogP contribution in [0.3, 0.4) is 0 Å². The van der Waals surface area contributed by atoms with Gasteiger partial charge in [0.1, 0.15) is 11.5 Å². The predicted octanol–water partition coefficient (Wildman–Crippen LogP) is 3.72. The van der Waals surface area contributed by atoms with Crippen LogP contribution in [0.1, 0.15) is 33.0 Å². The van der Waals surface area contributed by atoms with Crippen LogP contribution >= 0.6 is 15.9 Å². The number of furan rings is 1. The maximum Gasteiger partial charge on any atom is 0.255 e. The van der Waals surface area contributed by atoms with E-state index < -0.39 is 0 Å². The summed E-state index contributed by atoms with van der Waals surface area (Å²) >= 11 is 3.40. The molecule has 4 heteroatoms. The van der Waals surface area contributed by atoms with Crippen molar-refractivity contribution < 1.29 is 9.21 Å². The standard InChI is InChI=1S/C15H16BrNO2/c1-10-7-14(11(2)19-10)15(18)17-9-13-5-3-12(8-16)4-6-13/h3-7H,8-9H2,1-2H3,(H,17,18). The molecule has 0 fully saturated rings. The first-order valence-electron chi connectivity index (χ1n) is 6.09. The summed E-state index contributed by atoms with van der Waals surface area (Å²) in [5, 5.41) is 3.74. The first-order chi connectivity index (χ1) is 9.10. The molecule has 0 unspecified atom stereocenters. The lowest BCUT2D eigenvalue weighted by atomic mass is 10.1. The predicted molar refractivity (Wildman–Crippen MR) is 78.4 cm³/mol. The molecule has 0 aliphatic rings. The van der Waals surface area contributed by atoms with Crippen LogP contribution in [0.2, 0.25) is 0 Å². The normalized spacial score (nSPS) is 10.5. The molecule has 0 saturated heterocycles. The van der Waals surface area contributed by atoms with Gasteiger partial charge in [0.2, 0.25) is 0 Å². The highest BCUT2D eigenvalue weighted by atomic mass is 79.9. The summed E-state index contributed by atoms with van der Waals surface area (Å²) in [5.41, 5.74) is 2.90. The van der Waals surface area contributed by atoms with E-state index in [0.717, 1.165) is 16.7 Å². The number of benzene rings is 1. The molecule has 1 aromatic carbocycles. The van der Waals surface area contributed by atoms with Crippen LogP contribution in [0.25, 0.3) is 0 Å². The molecule has 2 rings (SSSR count). The van der Waals surface area contributed by atoms with Crippen LogP contribution in [-0.2, 0) is 11.9 Å².